The van der Waals surface area contributed by atoms with Crippen LogP contribution in [0, 0.1) is 0 Å². The Hall–Kier alpha value is -0.160. The highest BCUT2D eigenvalue weighted by molar-refractivity contribution is 4.82. The molecule has 1 aliphatic heterocycles. The number of rotatable bonds is 1. The highest BCUT2D eigenvalue weighted by atomic mass is 16.7. The molecule has 0 saturated carbocycles. The van der Waals surface area contributed by atoms with Crippen molar-refractivity contribution in [1.82, 2.24) is 0 Å². The molecule has 0 aromatic heterocycles. The average Bonchev–Trinajstić information content (AvgIpc) is 1.86. The fraction of sp³-hybridized carbons (Fsp3) is 1.00. The number of hydrogen-bond donors (Lipinski definition) is 2. The lowest BCUT2D eigenvalue weighted by Crippen LogP contribution is -2.48. The summed E-state index contributed by atoms with van der Waals surface area (Å²) in [5.74, 6) is 0. The fourth-order valence-electron chi connectivity index (χ4n) is 1.20. The first-order valence-corrected chi connectivity index (χ1v) is 3.60. The Morgan fingerprint density at radius 2 is 2.27 bits per heavy atom. The van der Waals surface area contributed by atoms with Gasteiger partial charge < -0.3 is 19.7 Å². The van der Waals surface area contributed by atoms with Crippen LogP contribution in [0.4, 0.5) is 0 Å². The molecule has 66 valence electrons. The van der Waals surface area contributed by atoms with E-state index in [-0.39, 0.29) is 6.61 Å². The monoisotopic (exact) mass is 162 g/mol. The lowest BCUT2D eigenvalue weighted by Gasteiger charge is -2.35. The lowest BCUT2D eigenvalue weighted by molar-refractivity contribution is -0.246. The van der Waals surface area contributed by atoms with E-state index in [1.807, 2.05) is 0 Å². The van der Waals surface area contributed by atoms with Crippen molar-refractivity contribution in [3.63, 3.8) is 0 Å². The summed E-state index contributed by atoms with van der Waals surface area (Å²) in [4.78, 5) is 0. The summed E-state index contributed by atoms with van der Waals surface area (Å²) in [6.07, 6.45) is -1.02. The van der Waals surface area contributed by atoms with Crippen LogP contribution in [0.1, 0.15) is 13.3 Å². The Labute approximate surface area is 65.7 Å². The predicted octanol–water partition coefficient (Wildman–Crippen LogP) is -0.509. The Morgan fingerprint density at radius 1 is 1.64 bits per heavy atom. The molecule has 11 heavy (non-hydrogen) atoms. The summed E-state index contributed by atoms with van der Waals surface area (Å²) in [5.41, 5.74) is -0.922. The molecule has 0 radical (unpaired) electrons. The quantitative estimate of drug-likeness (QED) is 0.545. The zero-order valence-electron chi connectivity index (χ0n) is 6.78. The SMILES string of the molecule is CO[C@H]1OC[C@](C)(O)C[C@H]1O. The van der Waals surface area contributed by atoms with Gasteiger partial charge in [-0.15, -0.1) is 0 Å². The van der Waals surface area contributed by atoms with Crippen molar-refractivity contribution >= 4 is 0 Å². The third-order valence-electron chi connectivity index (χ3n) is 1.75. The third-order valence-corrected chi connectivity index (χ3v) is 1.75. The number of ether oxygens (including phenoxy) is 2. The second kappa shape index (κ2) is 3.06. The van der Waals surface area contributed by atoms with Crippen LogP contribution in [0.15, 0.2) is 0 Å². The van der Waals surface area contributed by atoms with Crippen LogP contribution in [-0.2, 0) is 9.47 Å². The van der Waals surface area contributed by atoms with Crippen LogP contribution in [0.3, 0.4) is 0 Å². The van der Waals surface area contributed by atoms with Crippen molar-refractivity contribution in [2.75, 3.05) is 13.7 Å². The van der Waals surface area contributed by atoms with E-state index in [2.05, 4.69) is 0 Å². The molecule has 0 spiro atoms. The maximum absolute atomic E-state index is 9.42. The van der Waals surface area contributed by atoms with Gasteiger partial charge in [0.25, 0.3) is 0 Å². The number of methoxy groups -OCH3 is 1. The highest BCUT2D eigenvalue weighted by Crippen LogP contribution is 2.22. The Kier molecular flexibility index (Phi) is 2.49. The largest absolute Gasteiger partial charge is 0.388 e. The molecule has 0 aromatic rings. The molecule has 2 N–H and O–H groups in total. The summed E-state index contributed by atoms with van der Waals surface area (Å²) in [7, 11) is 1.47. The minimum absolute atomic E-state index is 0.211. The van der Waals surface area contributed by atoms with Crippen molar-refractivity contribution in [3.8, 4) is 0 Å². The van der Waals surface area contributed by atoms with Gasteiger partial charge in [0, 0.05) is 13.5 Å². The maximum atomic E-state index is 9.42. The van der Waals surface area contributed by atoms with Crippen LogP contribution in [0.2, 0.25) is 0 Å². The van der Waals surface area contributed by atoms with Crippen LogP contribution < -0.4 is 0 Å². The van der Waals surface area contributed by atoms with Crippen molar-refractivity contribution in [2.45, 2.75) is 31.3 Å². The average molecular weight is 162 g/mol. The smallest absolute Gasteiger partial charge is 0.183 e. The van der Waals surface area contributed by atoms with Crippen molar-refractivity contribution in [3.05, 3.63) is 0 Å². The molecule has 1 rings (SSSR count). The molecule has 0 amide bonds. The van der Waals surface area contributed by atoms with E-state index in [1.54, 1.807) is 6.92 Å². The number of aliphatic hydroxyl groups is 2. The van der Waals surface area contributed by atoms with Crippen molar-refractivity contribution in [2.24, 2.45) is 0 Å². The molecule has 0 aliphatic carbocycles. The number of aliphatic hydroxyl groups excluding tert-OH is 1. The number of hydrogen-bond acceptors (Lipinski definition) is 4. The van der Waals surface area contributed by atoms with E-state index in [9.17, 15) is 10.2 Å². The maximum Gasteiger partial charge on any atom is 0.183 e. The Balaban J connectivity index is 2.48. The molecule has 0 bridgehead atoms. The van der Waals surface area contributed by atoms with Gasteiger partial charge in [-0.2, -0.15) is 0 Å². The first-order chi connectivity index (χ1) is 5.05. The molecule has 1 fully saturated rings. The Bertz CT molecular complexity index is 134. The molecule has 1 saturated heterocycles. The van der Waals surface area contributed by atoms with Crippen LogP contribution in [0.25, 0.3) is 0 Å². The van der Waals surface area contributed by atoms with Crippen LogP contribution in [0.5, 0.6) is 0 Å². The van der Waals surface area contributed by atoms with E-state index in [4.69, 9.17) is 9.47 Å². The summed E-state index contributed by atoms with van der Waals surface area (Å²) < 4.78 is 9.85. The molecule has 1 heterocycles. The third kappa shape index (κ3) is 2.13. The van der Waals surface area contributed by atoms with Crippen LogP contribution in [-0.4, -0.2) is 41.9 Å². The minimum atomic E-state index is -0.922. The topological polar surface area (TPSA) is 58.9 Å². The molecule has 4 nitrogen and oxygen atoms in total. The molecule has 0 unspecified atom stereocenters. The van der Waals surface area contributed by atoms with Gasteiger partial charge in [-0.3, -0.25) is 0 Å². The summed E-state index contributed by atoms with van der Waals surface area (Å²) in [6.45, 7) is 1.84. The molecule has 3 atom stereocenters. The van der Waals surface area contributed by atoms with Gasteiger partial charge >= 0.3 is 0 Å². The van der Waals surface area contributed by atoms with Gasteiger partial charge in [0.2, 0.25) is 0 Å². The molecule has 1 aliphatic rings. The van der Waals surface area contributed by atoms with Gasteiger partial charge in [-0.05, 0) is 6.92 Å². The minimum Gasteiger partial charge on any atom is -0.388 e. The van der Waals surface area contributed by atoms with E-state index in [1.165, 1.54) is 7.11 Å². The van der Waals surface area contributed by atoms with Gasteiger partial charge in [0.15, 0.2) is 6.29 Å². The summed E-state index contributed by atoms with van der Waals surface area (Å²) in [6, 6.07) is 0. The zero-order chi connectivity index (χ0) is 8.48. The fourth-order valence-corrected chi connectivity index (χ4v) is 1.20. The normalized spacial score (nSPS) is 45.8. The standard InChI is InChI=1S/C7H14O4/c1-7(9)3-5(8)6(10-2)11-4-7/h5-6,8-9H,3-4H2,1-2H3/t5-,6+,7-/m1/s1. The van der Waals surface area contributed by atoms with E-state index >= 15 is 0 Å². The summed E-state index contributed by atoms with van der Waals surface area (Å²) in [5, 5.41) is 18.7. The lowest BCUT2D eigenvalue weighted by atomic mass is 9.97. The first kappa shape index (κ1) is 8.93. The predicted molar refractivity (Wildman–Crippen MR) is 38.0 cm³/mol. The second-order valence-electron chi connectivity index (χ2n) is 3.18. The van der Waals surface area contributed by atoms with Gasteiger partial charge in [0.1, 0.15) is 6.10 Å². The molecular formula is C7H14O4. The summed E-state index contributed by atoms with van der Waals surface area (Å²) >= 11 is 0. The molecule has 0 aromatic carbocycles. The van der Waals surface area contributed by atoms with E-state index < -0.39 is 18.0 Å². The van der Waals surface area contributed by atoms with Gasteiger partial charge in [-0.25, -0.2) is 0 Å². The molecular weight excluding hydrogens is 148 g/mol. The van der Waals surface area contributed by atoms with Gasteiger partial charge in [0.05, 0.1) is 12.2 Å². The Morgan fingerprint density at radius 3 is 2.73 bits per heavy atom. The highest BCUT2D eigenvalue weighted by Gasteiger charge is 2.36. The molecule has 4 heteroatoms. The van der Waals surface area contributed by atoms with E-state index in [0.717, 1.165) is 0 Å². The van der Waals surface area contributed by atoms with Crippen molar-refractivity contribution in [1.29, 1.82) is 0 Å². The van der Waals surface area contributed by atoms with E-state index in [0.29, 0.717) is 6.42 Å². The second-order valence-corrected chi connectivity index (χ2v) is 3.18. The zero-order valence-corrected chi connectivity index (χ0v) is 6.78. The van der Waals surface area contributed by atoms with Crippen molar-refractivity contribution < 1.29 is 19.7 Å². The van der Waals surface area contributed by atoms with Gasteiger partial charge in [-0.1, -0.05) is 0 Å². The van der Waals surface area contributed by atoms with Crippen LogP contribution >= 0.6 is 0 Å². The first-order valence-electron chi connectivity index (χ1n) is 3.60.